The van der Waals surface area contributed by atoms with E-state index in [1.165, 1.54) is 0 Å². The summed E-state index contributed by atoms with van der Waals surface area (Å²) in [5.74, 6) is 0. The van der Waals surface area contributed by atoms with Crippen molar-refractivity contribution in [3.05, 3.63) is 0 Å². The van der Waals surface area contributed by atoms with Gasteiger partial charge in [0.1, 0.15) is 0 Å². The normalized spacial score (nSPS) is 10.8. The van der Waals surface area contributed by atoms with Gasteiger partial charge in [-0.3, -0.25) is 0 Å². The summed E-state index contributed by atoms with van der Waals surface area (Å²) < 4.78 is 11.4. The molecule has 4 heteroatoms. The first-order valence-electron chi connectivity index (χ1n) is 4.10. The summed E-state index contributed by atoms with van der Waals surface area (Å²) >= 11 is -2.33. The summed E-state index contributed by atoms with van der Waals surface area (Å²) in [6, 6.07) is 0. The second-order valence-electron chi connectivity index (χ2n) is 3.03. The summed E-state index contributed by atoms with van der Waals surface area (Å²) in [7, 11) is 0. The average Bonchev–Trinajstić information content (AvgIpc) is 1.84. The van der Waals surface area contributed by atoms with E-state index in [1.807, 2.05) is 34.0 Å². The van der Waals surface area contributed by atoms with Gasteiger partial charge in [0.15, 0.2) is 0 Å². The molecule has 12 heavy (non-hydrogen) atoms. The van der Waals surface area contributed by atoms with Crippen LogP contribution in [0.2, 0.25) is 4.13 Å². The predicted octanol–water partition coefficient (Wildman–Crippen LogP) is 1.81. The van der Waals surface area contributed by atoms with Crippen molar-refractivity contribution in [1.82, 2.24) is 0 Å². The molecule has 0 aromatic heterocycles. The molecule has 0 N–H and O–H groups in total. The first-order valence-corrected chi connectivity index (χ1v) is 7.85. The van der Waals surface area contributed by atoms with Gasteiger partial charge in [-0.1, -0.05) is 0 Å². The number of hydrogen-bond donors (Lipinski definition) is 0. The van der Waals surface area contributed by atoms with Crippen LogP contribution >= 0.6 is 0 Å². The molecule has 0 rings (SSSR count). The topological polar surface area (TPSA) is 35.5 Å². The summed E-state index contributed by atoms with van der Waals surface area (Å²) in [5.41, 5.74) is 0. The van der Waals surface area contributed by atoms with Crippen molar-refractivity contribution in [2.45, 2.75) is 44.0 Å². The SMILES string of the molecule is CC(C)[O][Zr]([CH2][C]=O)[O]C(C)C. The fourth-order valence-corrected chi connectivity index (χ4v) is 4.12. The van der Waals surface area contributed by atoms with Crippen LogP contribution in [0.25, 0.3) is 0 Å². The van der Waals surface area contributed by atoms with Gasteiger partial charge < -0.3 is 0 Å². The molecule has 0 saturated carbocycles. The van der Waals surface area contributed by atoms with Crippen molar-refractivity contribution in [3.63, 3.8) is 0 Å². The molecule has 0 saturated heterocycles. The van der Waals surface area contributed by atoms with Crippen molar-refractivity contribution in [2.24, 2.45) is 0 Å². The third-order valence-corrected chi connectivity index (χ3v) is 5.63. The van der Waals surface area contributed by atoms with Gasteiger partial charge in [0.25, 0.3) is 0 Å². The second-order valence-corrected chi connectivity index (χ2v) is 6.88. The Morgan fingerprint density at radius 1 is 1.17 bits per heavy atom. The van der Waals surface area contributed by atoms with E-state index in [0.29, 0.717) is 4.13 Å². The third-order valence-electron chi connectivity index (χ3n) is 0.951. The zero-order chi connectivity index (χ0) is 9.56. The maximum absolute atomic E-state index is 10.1. The van der Waals surface area contributed by atoms with E-state index in [1.54, 1.807) is 0 Å². The first kappa shape index (κ1) is 12.5. The Hall–Kier alpha value is 0.473. The van der Waals surface area contributed by atoms with Crippen LogP contribution in [0.4, 0.5) is 0 Å². The number of carbonyl (C=O) groups excluding carboxylic acids is 1. The standard InChI is InChI=1S/2C3H7O.C2H2O.Zr/c2*1-3(2)4;1-2-3;/h2*3H,1-2H3;1H2;/q2*-1;;+2. The molecule has 0 aliphatic heterocycles. The quantitative estimate of drug-likeness (QED) is 0.722. The molecule has 0 aliphatic rings. The summed E-state index contributed by atoms with van der Waals surface area (Å²) in [4.78, 5) is 10.1. The van der Waals surface area contributed by atoms with Gasteiger partial charge in [0.2, 0.25) is 0 Å². The van der Waals surface area contributed by atoms with Crippen LogP contribution in [0, 0.1) is 0 Å². The Labute approximate surface area is 83.4 Å². The van der Waals surface area contributed by atoms with Gasteiger partial charge in [-0.25, -0.2) is 0 Å². The molecule has 0 spiro atoms. The molecule has 0 amide bonds. The van der Waals surface area contributed by atoms with E-state index in [9.17, 15) is 4.79 Å². The Morgan fingerprint density at radius 2 is 1.58 bits per heavy atom. The monoisotopic (exact) mass is 250 g/mol. The molecule has 0 aliphatic carbocycles. The fourth-order valence-electron chi connectivity index (χ4n) is 0.696. The molecule has 70 valence electrons. The molecule has 0 fully saturated rings. The van der Waals surface area contributed by atoms with Gasteiger partial charge >= 0.3 is 83.4 Å². The fraction of sp³-hybridized carbons (Fsp3) is 0.875. The Morgan fingerprint density at radius 3 is 1.83 bits per heavy atom. The van der Waals surface area contributed by atoms with Crippen LogP contribution < -0.4 is 0 Å². The predicted molar refractivity (Wildman–Crippen MR) is 42.9 cm³/mol. The van der Waals surface area contributed by atoms with Gasteiger partial charge in [-0.15, -0.1) is 0 Å². The Kier molecular flexibility index (Phi) is 7.21. The van der Waals surface area contributed by atoms with Crippen molar-refractivity contribution < 1.29 is 33.1 Å². The van der Waals surface area contributed by atoms with Crippen LogP contribution in [-0.4, -0.2) is 18.5 Å². The van der Waals surface area contributed by atoms with Crippen LogP contribution in [0.1, 0.15) is 27.7 Å². The van der Waals surface area contributed by atoms with E-state index >= 15 is 0 Å². The summed E-state index contributed by atoms with van der Waals surface area (Å²) in [6.07, 6.45) is 2.18. The maximum atomic E-state index is 10.1. The Bertz CT molecular complexity index is 115. The van der Waals surface area contributed by atoms with Crippen LogP contribution in [0.3, 0.4) is 0 Å². The molecule has 0 aromatic carbocycles. The second kappa shape index (κ2) is 6.93. The van der Waals surface area contributed by atoms with E-state index in [2.05, 4.69) is 0 Å². The molecule has 1 radical (unpaired) electrons. The van der Waals surface area contributed by atoms with Crippen LogP contribution in [0.5, 0.6) is 0 Å². The molecule has 0 atom stereocenters. The molecule has 0 unspecified atom stereocenters. The van der Waals surface area contributed by atoms with E-state index in [0.717, 1.165) is 0 Å². The number of rotatable bonds is 6. The minimum atomic E-state index is -2.33. The van der Waals surface area contributed by atoms with Crippen LogP contribution in [0.15, 0.2) is 0 Å². The van der Waals surface area contributed by atoms with Crippen molar-refractivity contribution >= 4 is 6.29 Å². The van der Waals surface area contributed by atoms with Crippen LogP contribution in [-0.2, 0) is 33.1 Å². The minimum absolute atomic E-state index is 0.159. The van der Waals surface area contributed by atoms with Gasteiger partial charge in [0, 0.05) is 0 Å². The zero-order valence-electron chi connectivity index (χ0n) is 8.09. The zero-order valence-corrected chi connectivity index (χ0v) is 10.5. The first-order chi connectivity index (χ1) is 5.56. The molecule has 0 bridgehead atoms. The van der Waals surface area contributed by atoms with Crippen molar-refractivity contribution in [2.75, 3.05) is 0 Å². The molecular weight excluding hydrogens is 235 g/mol. The molecule has 0 heterocycles. The summed E-state index contributed by atoms with van der Waals surface area (Å²) in [5, 5.41) is 0. The van der Waals surface area contributed by atoms with Gasteiger partial charge in [-0.05, 0) is 0 Å². The molecule has 0 aromatic rings. The van der Waals surface area contributed by atoms with Crippen molar-refractivity contribution in [3.8, 4) is 0 Å². The molecular formula is C8H16O3Zr. The van der Waals surface area contributed by atoms with E-state index < -0.39 is 22.6 Å². The van der Waals surface area contributed by atoms with Gasteiger partial charge in [-0.2, -0.15) is 0 Å². The average molecular weight is 251 g/mol. The van der Waals surface area contributed by atoms with E-state index in [4.69, 9.17) is 5.63 Å². The van der Waals surface area contributed by atoms with E-state index in [-0.39, 0.29) is 12.2 Å². The molecule has 3 nitrogen and oxygen atoms in total. The summed E-state index contributed by atoms with van der Waals surface area (Å²) in [6.45, 7) is 7.81. The van der Waals surface area contributed by atoms with Gasteiger partial charge in [0.05, 0.1) is 0 Å². The number of hydrogen-bond acceptors (Lipinski definition) is 3. The van der Waals surface area contributed by atoms with Crippen molar-refractivity contribution in [1.29, 1.82) is 0 Å². The Balaban J connectivity index is 3.77. The third kappa shape index (κ3) is 7.14.